The summed E-state index contributed by atoms with van der Waals surface area (Å²) in [5, 5.41) is 5.74. The lowest BCUT2D eigenvalue weighted by atomic mass is 10.1. The summed E-state index contributed by atoms with van der Waals surface area (Å²) in [6.45, 7) is 5.74. The lowest BCUT2D eigenvalue weighted by Gasteiger charge is -2.10. The second kappa shape index (κ2) is 6.62. The van der Waals surface area contributed by atoms with Crippen molar-refractivity contribution in [2.24, 2.45) is 0 Å². The molecule has 4 nitrogen and oxygen atoms in total. The molecule has 114 valence electrons. The van der Waals surface area contributed by atoms with Crippen molar-refractivity contribution >= 4 is 34.8 Å². The summed E-state index contributed by atoms with van der Waals surface area (Å²) in [6.07, 6.45) is 0. The van der Waals surface area contributed by atoms with Crippen molar-refractivity contribution < 1.29 is 9.59 Å². The zero-order valence-corrected chi connectivity index (χ0v) is 13.4. The van der Waals surface area contributed by atoms with Crippen molar-refractivity contribution in [2.45, 2.75) is 20.8 Å². The van der Waals surface area contributed by atoms with Gasteiger partial charge in [0.05, 0.1) is 0 Å². The Bertz CT molecular complexity index is 741. The summed E-state index contributed by atoms with van der Waals surface area (Å²) in [4.78, 5) is 23.9. The fourth-order valence-electron chi connectivity index (χ4n) is 1.95. The Balaban J connectivity index is 2.05. The van der Waals surface area contributed by atoms with E-state index in [9.17, 15) is 9.59 Å². The third kappa shape index (κ3) is 3.86. The van der Waals surface area contributed by atoms with Gasteiger partial charge < -0.3 is 10.6 Å². The van der Waals surface area contributed by atoms with Crippen LogP contribution in [-0.4, -0.2) is 11.8 Å². The zero-order chi connectivity index (χ0) is 16.3. The number of anilines is 2. The van der Waals surface area contributed by atoms with E-state index >= 15 is 0 Å². The molecule has 0 saturated carbocycles. The second-order valence-corrected chi connectivity index (χ2v) is 5.60. The highest BCUT2D eigenvalue weighted by molar-refractivity contribution is 6.43. The molecule has 0 aromatic heterocycles. The Morgan fingerprint density at radius 1 is 0.818 bits per heavy atom. The first-order valence-corrected chi connectivity index (χ1v) is 7.20. The minimum atomic E-state index is -0.719. The molecule has 22 heavy (non-hydrogen) atoms. The van der Waals surface area contributed by atoms with Crippen LogP contribution in [0.25, 0.3) is 0 Å². The van der Waals surface area contributed by atoms with Gasteiger partial charge in [-0.15, -0.1) is 0 Å². The number of aryl methyl sites for hydroxylation is 3. The fourth-order valence-corrected chi connectivity index (χ4v) is 2.18. The molecule has 0 spiro atoms. The number of carbonyl (C=O) groups excluding carboxylic acids is 2. The van der Waals surface area contributed by atoms with Gasteiger partial charge in [-0.25, -0.2) is 0 Å². The van der Waals surface area contributed by atoms with Crippen LogP contribution in [0.2, 0.25) is 5.02 Å². The maximum atomic E-state index is 11.9. The van der Waals surface area contributed by atoms with Crippen LogP contribution in [0.15, 0.2) is 36.4 Å². The number of nitrogens with one attached hydrogen (secondary N) is 2. The van der Waals surface area contributed by atoms with Crippen molar-refractivity contribution in [3.8, 4) is 0 Å². The van der Waals surface area contributed by atoms with Gasteiger partial charge in [0.1, 0.15) is 0 Å². The molecule has 0 heterocycles. The van der Waals surface area contributed by atoms with Crippen LogP contribution >= 0.6 is 11.6 Å². The van der Waals surface area contributed by atoms with Crippen LogP contribution in [0.5, 0.6) is 0 Å². The summed E-state index contributed by atoms with van der Waals surface area (Å²) in [7, 11) is 0. The maximum Gasteiger partial charge on any atom is 0.314 e. The van der Waals surface area contributed by atoms with Gasteiger partial charge in [-0.05, 0) is 67.8 Å². The quantitative estimate of drug-likeness (QED) is 0.827. The van der Waals surface area contributed by atoms with Crippen LogP contribution in [0.1, 0.15) is 16.7 Å². The smallest absolute Gasteiger partial charge is 0.314 e. The molecule has 0 aliphatic heterocycles. The Morgan fingerprint density at radius 3 is 2.14 bits per heavy atom. The summed E-state index contributed by atoms with van der Waals surface area (Å²) in [5.74, 6) is -1.43. The van der Waals surface area contributed by atoms with Gasteiger partial charge in [-0.3, -0.25) is 9.59 Å². The van der Waals surface area contributed by atoms with Crippen LogP contribution in [0, 0.1) is 20.8 Å². The highest BCUT2D eigenvalue weighted by Crippen LogP contribution is 2.19. The van der Waals surface area contributed by atoms with Crippen molar-refractivity contribution in [3.63, 3.8) is 0 Å². The van der Waals surface area contributed by atoms with E-state index < -0.39 is 11.8 Å². The van der Waals surface area contributed by atoms with Gasteiger partial charge in [0.15, 0.2) is 0 Å². The minimum Gasteiger partial charge on any atom is -0.318 e. The average Bonchev–Trinajstić information content (AvgIpc) is 2.45. The largest absolute Gasteiger partial charge is 0.318 e. The van der Waals surface area contributed by atoms with Crippen molar-refractivity contribution in [1.29, 1.82) is 0 Å². The lowest BCUT2D eigenvalue weighted by molar-refractivity contribution is -0.133. The summed E-state index contributed by atoms with van der Waals surface area (Å²) in [5.41, 5.74) is 4.12. The molecule has 2 aromatic rings. The molecule has 2 amide bonds. The van der Waals surface area contributed by atoms with Gasteiger partial charge in [0.2, 0.25) is 0 Å². The average molecular weight is 317 g/mol. The predicted molar refractivity (Wildman–Crippen MR) is 89.4 cm³/mol. The second-order valence-electron chi connectivity index (χ2n) is 5.17. The topological polar surface area (TPSA) is 58.2 Å². The summed E-state index contributed by atoms with van der Waals surface area (Å²) < 4.78 is 0. The van der Waals surface area contributed by atoms with E-state index in [2.05, 4.69) is 10.6 Å². The van der Waals surface area contributed by atoms with E-state index in [-0.39, 0.29) is 0 Å². The third-order valence-electron chi connectivity index (χ3n) is 3.41. The van der Waals surface area contributed by atoms with Gasteiger partial charge in [-0.1, -0.05) is 17.7 Å². The number of hydrogen-bond acceptors (Lipinski definition) is 2. The van der Waals surface area contributed by atoms with Crippen molar-refractivity contribution in [3.05, 3.63) is 58.1 Å². The lowest BCUT2D eigenvalue weighted by Crippen LogP contribution is -2.29. The molecule has 0 radical (unpaired) electrons. The molecule has 5 heteroatoms. The van der Waals surface area contributed by atoms with E-state index in [4.69, 9.17) is 11.6 Å². The predicted octanol–water partition coefficient (Wildman–Crippen LogP) is 3.84. The van der Waals surface area contributed by atoms with Gasteiger partial charge in [0, 0.05) is 16.4 Å². The van der Waals surface area contributed by atoms with Gasteiger partial charge in [-0.2, -0.15) is 0 Å². The fraction of sp³-hybridized carbons (Fsp3) is 0.176. The highest BCUT2D eigenvalue weighted by Gasteiger charge is 2.15. The third-order valence-corrected chi connectivity index (χ3v) is 3.64. The van der Waals surface area contributed by atoms with Crippen molar-refractivity contribution in [1.82, 2.24) is 0 Å². The van der Waals surface area contributed by atoms with Gasteiger partial charge in [0.25, 0.3) is 0 Å². The molecule has 2 aromatic carbocycles. The summed E-state index contributed by atoms with van der Waals surface area (Å²) in [6, 6.07) is 10.5. The Kier molecular flexibility index (Phi) is 4.83. The molecule has 2 rings (SSSR count). The van der Waals surface area contributed by atoms with E-state index in [1.165, 1.54) is 0 Å². The molecule has 0 aliphatic carbocycles. The number of halogens is 1. The standard InChI is InChI=1S/C17H17ClN2O2/c1-10-4-6-14(9-11(10)2)19-16(21)17(22)20-15-7-5-13(18)8-12(15)3/h4-9H,1-3H3,(H,19,21)(H,20,22). The minimum absolute atomic E-state index is 0.560. The van der Waals surface area contributed by atoms with Crippen LogP contribution in [-0.2, 0) is 9.59 Å². The molecule has 0 bridgehead atoms. The molecule has 0 fully saturated rings. The Morgan fingerprint density at radius 2 is 1.50 bits per heavy atom. The molecular formula is C17H17ClN2O2. The summed E-state index contributed by atoms with van der Waals surface area (Å²) >= 11 is 5.86. The maximum absolute atomic E-state index is 11.9. The molecule has 0 unspecified atom stereocenters. The van der Waals surface area contributed by atoms with E-state index in [0.29, 0.717) is 16.4 Å². The molecule has 2 N–H and O–H groups in total. The number of hydrogen-bond donors (Lipinski definition) is 2. The van der Waals surface area contributed by atoms with Crippen LogP contribution in [0.3, 0.4) is 0 Å². The number of amides is 2. The first-order chi connectivity index (χ1) is 10.4. The molecule has 0 saturated heterocycles. The molecule has 0 aliphatic rings. The van der Waals surface area contributed by atoms with E-state index in [1.807, 2.05) is 32.9 Å². The number of rotatable bonds is 2. The van der Waals surface area contributed by atoms with Crippen LogP contribution in [0.4, 0.5) is 11.4 Å². The normalized spacial score (nSPS) is 10.2. The number of carbonyl (C=O) groups is 2. The first kappa shape index (κ1) is 16.0. The highest BCUT2D eigenvalue weighted by atomic mass is 35.5. The van der Waals surface area contributed by atoms with Crippen molar-refractivity contribution in [2.75, 3.05) is 10.6 Å². The first-order valence-electron chi connectivity index (χ1n) is 6.82. The zero-order valence-electron chi connectivity index (χ0n) is 12.7. The van der Waals surface area contributed by atoms with E-state index in [0.717, 1.165) is 16.7 Å². The molecular weight excluding hydrogens is 300 g/mol. The molecule has 0 atom stereocenters. The Labute approximate surface area is 134 Å². The van der Waals surface area contributed by atoms with Gasteiger partial charge >= 0.3 is 11.8 Å². The van der Waals surface area contributed by atoms with E-state index in [1.54, 1.807) is 24.3 Å². The monoisotopic (exact) mass is 316 g/mol. The Hall–Kier alpha value is -2.33. The SMILES string of the molecule is Cc1ccc(NC(=O)C(=O)Nc2ccc(Cl)cc2C)cc1C. The van der Waals surface area contributed by atoms with Crippen LogP contribution < -0.4 is 10.6 Å². The number of benzene rings is 2.